The van der Waals surface area contributed by atoms with Crippen LogP contribution in [0.4, 0.5) is 0 Å². The molecular formula is C18H21Cl2NO. The van der Waals surface area contributed by atoms with Crippen LogP contribution >= 0.6 is 23.2 Å². The summed E-state index contributed by atoms with van der Waals surface area (Å²) in [6.07, 6.45) is 0.923. The molecule has 0 aliphatic rings. The molecule has 0 saturated carbocycles. The smallest absolute Gasteiger partial charge is 0.156 e. The molecule has 118 valence electrons. The molecule has 0 amide bonds. The molecule has 2 rings (SSSR count). The standard InChI is InChI=1S/C18H21Cl2NO/c1-3-8-22-18-16(19)9-15(10-17(18)20)12-21-11-14-6-4-13(2)5-7-14/h4-7,9-10,21H,3,8,11-12H2,1-2H3. The van der Waals surface area contributed by atoms with E-state index in [-0.39, 0.29) is 0 Å². The van der Waals surface area contributed by atoms with Crippen molar-refractivity contribution in [1.82, 2.24) is 5.32 Å². The van der Waals surface area contributed by atoms with Gasteiger partial charge in [-0.2, -0.15) is 0 Å². The van der Waals surface area contributed by atoms with Crippen LogP contribution in [0.5, 0.6) is 5.75 Å². The first kappa shape index (κ1) is 17.1. The molecule has 0 aliphatic carbocycles. The Morgan fingerprint density at radius 2 is 1.55 bits per heavy atom. The minimum Gasteiger partial charge on any atom is -0.490 e. The van der Waals surface area contributed by atoms with Crippen molar-refractivity contribution in [3.05, 3.63) is 63.1 Å². The molecule has 0 spiro atoms. The highest BCUT2D eigenvalue weighted by Gasteiger charge is 2.09. The van der Waals surface area contributed by atoms with E-state index < -0.39 is 0 Å². The molecule has 0 atom stereocenters. The SMILES string of the molecule is CCCOc1c(Cl)cc(CNCc2ccc(C)cc2)cc1Cl. The summed E-state index contributed by atoms with van der Waals surface area (Å²) in [5, 5.41) is 4.52. The third-order valence-electron chi connectivity index (χ3n) is 3.29. The van der Waals surface area contributed by atoms with Crippen LogP contribution in [0.15, 0.2) is 36.4 Å². The predicted octanol–water partition coefficient (Wildman–Crippen LogP) is 5.38. The van der Waals surface area contributed by atoms with E-state index >= 15 is 0 Å². The van der Waals surface area contributed by atoms with Crippen molar-refractivity contribution in [2.75, 3.05) is 6.61 Å². The second kappa shape index (κ2) is 8.42. The summed E-state index contributed by atoms with van der Waals surface area (Å²) in [7, 11) is 0. The average Bonchev–Trinajstić information content (AvgIpc) is 2.48. The normalized spacial score (nSPS) is 10.7. The van der Waals surface area contributed by atoms with Gasteiger partial charge in [-0.25, -0.2) is 0 Å². The van der Waals surface area contributed by atoms with E-state index in [1.165, 1.54) is 11.1 Å². The fourth-order valence-corrected chi connectivity index (χ4v) is 2.75. The molecule has 0 fully saturated rings. The Labute approximate surface area is 142 Å². The fourth-order valence-electron chi connectivity index (χ4n) is 2.11. The van der Waals surface area contributed by atoms with Crippen LogP contribution in [0.25, 0.3) is 0 Å². The van der Waals surface area contributed by atoms with Crippen molar-refractivity contribution in [1.29, 1.82) is 0 Å². The largest absolute Gasteiger partial charge is 0.490 e. The number of halogens is 2. The van der Waals surface area contributed by atoms with Gasteiger partial charge in [-0.3, -0.25) is 0 Å². The van der Waals surface area contributed by atoms with E-state index in [0.29, 0.717) is 28.9 Å². The van der Waals surface area contributed by atoms with Crippen molar-refractivity contribution in [3.63, 3.8) is 0 Å². The van der Waals surface area contributed by atoms with Crippen LogP contribution in [0.2, 0.25) is 10.0 Å². The van der Waals surface area contributed by atoms with Crippen molar-refractivity contribution in [2.24, 2.45) is 0 Å². The minimum absolute atomic E-state index is 0.563. The summed E-state index contributed by atoms with van der Waals surface area (Å²) < 4.78 is 5.57. The molecule has 0 aromatic heterocycles. The summed E-state index contributed by atoms with van der Waals surface area (Å²) in [4.78, 5) is 0. The highest BCUT2D eigenvalue weighted by molar-refractivity contribution is 6.37. The number of hydrogen-bond acceptors (Lipinski definition) is 2. The van der Waals surface area contributed by atoms with Crippen molar-refractivity contribution in [3.8, 4) is 5.75 Å². The molecule has 2 nitrogen and oxygen atoms in total. The zero-order valence-electron chi connectivity index (χ0n) is 13.0. The lowest BCUT2D eigenvalue weighted by molar-refractivity contribution is 0.317. The van der Waals surface area contributed by atoms with E-state index in [1.54, 1.807) is 0 Å². The van der Waals surface area contributed by atoms with Crippen LogP contribution in [0.3, 0.4) is 0 Å². The number of aryl methyl sites for hydroxylation is 1. The first-order valence-electron chi connectivity index (χ1n) is 7.47. The zero-order chi connectivity index (χ0) is 15.9. The molecule has 2 aromatic carbocycles. The van der Waals surface area contributed by atoms with E-state index in [4.69, 9.17) is 27.9 Å². The maximum absolute atomic E-state index is 6.25. The van der Waals surface area contributed by atoms with Gasteiger partial charge in [-0.05, 0) is 36.6 Å². The zero-order valence-corrected chi connectivity index (χ0v) is 14.5. The second-order valence-corrected chi connectivity index (χ2v) is 6.14. The molecule has 2 aromatic rings. The fraction of sp³-hybridized carbons (Fsp3) is 0.333. The van der Waals surface area contributed by atoms with E-state index in [2.05, 4.69) is 36.5 Å². The summed E-state index contributed by atoms with van der Waals surface area (Å²) >= 11 is 12.5. The molecule has 0 aliphatic heterocycles. The molecule has 22 heavy (non-hydrogen) atoms. The summed E-state index contributed by atoms with van der Waals surface area (Å²) in [5.74, 6) is 0.576. The minimum atomic E-state index is 0.563. The topological polar surface area (TPSA) is 21.3 Å². The van der Waals surface area contributed by atoms with Crippen LogP contribution in [-0.2, 0) is 13.1 Å². The predicted molar refractivity (Wildman–Crippen MR) is 94.0 cm³/mol. The molecule has 0 bridgehead atoms. The Kier molecular flexibility index (Phi) is 6.56. The van der Waals surface area contributed by atoms with Crippen LogP contribution < -0.4 is 10.1 Å². The van der Waals surface area contributed by atoms with Gasteiger partial charge >= 0.3 is 0 Å². The van der Waals surface area contributed by atoms with Gasteiger partial charge in [-0.15, -0.1) is 0 Å². The highest BCUT2D eigenvalue weighted by atomic mass is 35.5. The van der Waals surface area contributed by atoms with Gasteiger partial charge in [0.25, 0.3) is 0 Å². The van der Waals surface area contributed by atoms with Gasteiger partial charge in [0.1, 0.15) is 0 Å². The maximum Gasteiger partial charge on any atom is 0.156 e. The summed E-state index contributed by atoms with van der Waals surface area (Å²) in [6.45, 7) is 6.27. The monoisotopic (exact) mass is 337 g/mol. The van der Waals surface area contributed by atoms with Crippen LogP contribution in [-0.4, -0.2) is 6.61 Å². The Morgan fingerprint density at radius 1 is 0.955 bits per heavy atom. The molecule has 0 saturated heterocycles. The molecule has 0 unspecified atom stereocenters. The lowest BCUT2D eigenvalue weighted by atomic mass is 10.1. The third kappa shape index (κ3) is 4.91. The lowest BCUT2D eigenvalue weighted by Crippen LogP contribution is -2.12. The van der Waals surface area contributed by atoms with Gasteiger partial charge in [-0.1, -0.05) is 60.0 Å². The number of nitrogens with one attached hydrogen (secondary N) is 1. The van der Waals surface area contributed by atoms with Crippen LogP contribution in [0.1, 0.15) is 30.0 Å². The Bertz CT molecular complexity index is 588. The molecule has 1 N–H and O–H groups in total. The van der Waals surface area contributed by atoms with E-state index in [1.807, 2.05) is 19.1 Å². The molecule has 4 heteroatoms. The van der Waals surface area contributed by atoms with Gasteiger partial charge in [0.2, 0.25) is 0 Å². The number of rotatable bonds is 7. The van der Waals surface area contributed by atoms with Crippen molar-refractivity contribution in [2.45, 2.75) is 33.4 Å². The van der Waals surface area contributed by atoms with Gasteiger partial charge < -0.3 is 10.1 Å². The average molecular weight is 338 g/mol. The maximum atomic E-state index is 6.25. The van der Waals surface area contributed by atoms with Crippen molar-refractivity contribution >= 4 is 23.2 Å². The molecular weight excluding hydrogens is 317 g/mol. The Morgan fingerprint density at radius 3 is 2.14 bits per heavy atom. The quantitative estimate of drug-likeness (QED) is 0.732. The number of hydrogen-bond donors (Lipinski definition) is 1. The summed E-state index contributed by atoms with van der Waals surface area (Å²) in [6, 6.07) is 12.3. The first-order valence-corrected chi connectivity index (χ1v) is 8.22. The summed E-state index contributed by atoms with van der Waals surface area (Å²) in [5.41, 5.74) is 3.57. The van der Waals surface area contributed by atoms with E-state index in [0.717, 1.165) is 18.5 Å². The third-order valence-corrected chi connectivity index (χ3v) is 3.85. The van der Waals surface area contributed by atoms with E-state index in [9.17, 15) is 0 Å². The second-order valence-electron chi connectivity index (χ2n) is 5.33. The van der Waals surface area contributed by atoms with Crippen LogP contribution in [0, 0.1) is 6.92 Å². The van der Waals surface area contributed by atoms with Crippen molar-refractivity contribution < 1.29 is 4.74 Å². The van der Waals surface area contributed by atoms with Gasteiger partial charge in [0.15, 0.2) is 5.75 Å². The number of benzene rings is 2. The number of ether oxygens (including phenoxy) is 1. The van der Waals surface area contributed by atoms with Gasteiger partial charge in [0, 0.05) is 13.1 Å². The molecule has 0 radical (unpaired) electrons. The Balaban J connectivity index is 1.94. The van der Waals surface area contributed by atoms with Gasteiger partial charge in [0.05, 0.1) is 16.7 Å². The molecule has 0 heterocycles. The Hall–Kier alpha value is -1.22. The highest BCUT2D eigenvalue weighted by Crippen LogP contribution is 2.34. The lowest BCUT2D eigenvalue weighted by Gasteiger charge is -2.12. The first-order chi connectivity index (χ1) is 10.6.